The molecule has 0 saturated heterocycles. The number of ether oxygens (including phenoxy) is 2. The molecule has 0 aliphatic rings. The summed E-state index contributed by atoms with van der Waals surface area (Å²) in [5, 5.41) is 0. The van der Waals surface area contributed by atoms with E-state index < -0.39 is 18.0 Å². The maximum atomic E-state index is 12.6. The van der Waals surface area contributed by atoms with Crippen molar-refractivity contribution in [2.75, 3.05) is 13.7 Å². The summed E-state index contributed by atoms with van der Waals surface area (Å²) in [6.07, 6.45) is -0.729. The quantitative estimate of drug-likeness (QED) is 0.568. The van der Waals surface area contributed by atoms with Crippen LogP contribution in [0.2, 0.25) is 0 Å². The summed E-state index contributed by atoms with van der Waals surface area (Å²) in [6, 6.07) is 9.21. The molecule has 0 heterocycles. The van der Waals surface area contributed by atoms with Gasteiger partial charge in [-0.05, 0) is 18.4 Å². The van der Waals surface area contributed by atoms with E-state index in [1.54, 1.807) is 0 Å². The van der Waals surface area contributed by atoms with E-state index in [0.29, 0.717) is 6.61 Å². The van der Waals surface area contributed by atoms with E-state index in [4.69, 9.17) is 9.47 Å². The molecule has 1 rings (SSSR count). The number of methoxy groups -OCH3 is 1. The van der Waals surface area contributed by atoms with Gasteiger partial charge in [-0.25, -0.2) is 0 Å². The zero-order valence-electron chi connectivity index (χ0n) is 12.5. The van der Waals surface area contributed by atoms with Crippen molar-refractivity contribution in [3.05, 3.63) is 35.9 Å². The van der Waals surface area contributed by atoms with Crippen molar-refractivity contribution in [1.82, 2.24) is 0 Å². The van der Waals surface area contributed by atoms with Crippen molar-refractivity contribution in [2.45, 2.75) is 26.9 Å². The molecule has 1 aromatic carbocycles. The lowest BCUT2D eigenvalue weighted by Crippen LogP contribution is -2.34. The van der Waals surface area contributed by atoms with Gasteiger partial charge >= 0.3 is 5.97 Å². The molecular formula is C16H22O4. The lowest BCUT2D eigenvalue weighted by molar-refractivity contribution is -0.155. The topological polar surface area (TPSA) is 52.6 Å². The number of carbonyl (C=O) groups excluding carboxylic acids is 2. The largest absolute Gasteiger partial charge is 0.468 e. The fourth-order valence-electron chi connectivity index (χ4n) is 2.14. The maximum absolute atomic E-state index is 12.6. The molecule has 2 atom stereocenters. The van der Waals surface area contributed by atoms with Crippen LogP contribution < -0.4 is 0 Å². The fourth-order valence-corrected chi connectivity index (χ4v) is 2.14. The number of hydrogen-bond acceptors (Lipinski definition) is 4. The average molecular weight is 278 g/mol. The predicted molar refractivity (Wildman–Crippen MR) is 76.2 cm³/mol. The van der Waals surface area contributed by atoms with Crippen LogP contribution in [0.3, 0.4) is 0 Å². The van der Waals surface area contributed by atoms with Crippen LogP contribution in [0.1, 0.15) is 32.4 Å². The van der Waals surface area contributed by atoms with Crippen molar-refractivity contribution in [3.63, 3.8) is 0 Å². The Morgan fingerprint density at radius 2 is 1.75 bits per heavy atom. The molecular weight excluding hydrogens is 256 g/mol. The highest BCUT2D eigenvalue weighted by molar-refractivity contribution is 6.01. The Hall–Kier alpha value is -1.68. The number of hydrogen-bond donors (Lipinski definition) is 0. The fraction of sp³-hybridized carbons (Fsp3) is 0.500. The first-order valence-electron chi connectivity index (χ1n) is 6.81. The number of esters is 1. The summed E-state index contributed by atoms with van der Waals surface area (Å²) in [4.78, 5) is 24.5. The molecule has 0 fully saturated rings. The molecule has 0 spiro atoms. The first kappa shape index (κ1) is 16.4. The Balaban J connectivity index is 3.07. The smallest absolute Gasteiger partial charge is 0.316 e. The Morgan fingerprint density at radius 3 is 2.20 bits per heavy atom. The van der Waals surface area contributed by atoms with E-state index in [1.165, 1.54) is 7.11 Å². The molecule has 20 heavy (non-hydrogen) atoms. The van der Waals surface area contributed by atoms with E-state index in [1.807, 2.05) is 51.1 Å². The van der Waals surface area contributed by atoms with Crippen molar-refractivity contribution in [3.8, 4) is 0 Å². The second-order valence-corrected chi connectivity index (χ2v) is 4.89. The molecule has 1 aromatic rings. The Kier molecular flexibility index (Phi) is 6.39. The van der Waals surface area contributed by atoms with E-state index in [-0.39, 0.29) is 11.7 Å². The molecule has 110 valence electrons. The summed E-state index contributed by atoms with van der Waals surface area (Å²) >= 11 is 0. The molecule has 0 bridgehead atoms. The zero-order chi connectivity index (χ0) is 15.1. The van der Waals surface area contributed by atoms with Gasteiger partial charge < -0.3 is 9.47 Å². The van der Waals surface area contributed by atoms with Crippen LogP contribution in [0.4, 0.5) is 0 Å². The van der Waals surface area contributed by atoms with Crippen LogP contribution in [-0.4, -0.2) is 25.5 Å². The molecule has 4 heteroatoms. The Morgan fingerprint density at radius 1 is 1.15 bits per heavy atom. The summed E-state index contributed by atoms with van der Waals surface area (Å²) in [6.45, 7) is 5.88. The van der Waals surface area contributed by atoms with Crippen molar-refractivity contribution < 1.29 is 19.1 Å². The molecule has 0 aliphatic heterocycles. The third-order valence-corrected chi connectivity index (χ3v) is 3.12. The highest BCUT2D eigenvalue weighted by Crippen LogP contribution is 2.26. The molecule has 0 N–H and O–H groups in total. The summed E-state index contributed by atoms with van der Waals surface area (Å²) in [5.74, 6) is -1.70. The maximum Gasteiger partial charge on any atom is 0.316 e. The number of carbonyl (C=O) groups is 2. The van der Waals surface area contributed by atoms with Gasteiger partial charge in [0.25, 0.3) is 0 Å². The van der Waals surface area contributed by atoms with E-state index >= 15 is 0 Å². The first-order valence-corrected chi connectivity index (χ1v) is 6.81. The van der Waals surface area contributed by atoms with Gasteiger partial charge in [-0.1, -0.05) is 44.2 Å². The van der Waals surface area contributed by atoms with Crippen LogP contribution in [0.25, 0.3) is 0 Å². The van der Waals surface area contributed by atoms with Crippen LogP contribution >= 0.6 is 0 Å². The van der Waals surface area contributed by atoms with Gasteiger partial charge in [0.2, 0.25) is 0 Å². The Labute approximate surface area is 120 Å². The van der Waals surface area contributed by atoms with Gasteiger partial charge in [-0.2, -0.15) is 0 Å². The average Bonchev–Trinajstić information content (AvgIpc) is 2.45. The van der Waals surface area contributed by atoms with Crippen LogP contribution in [-0.2, 0) is 19.1 Å². The van der Waals surface area contributed by atoms with E-state index in [9.17, 15) is 9.59 Å². The molecule has 0 aromatic heterocycles. The third kappa shape index (κ3) is 3.90. The van der Waals surface area contributed by atoms with Crippen LogP contribution in [0.15, 0.2) is 30.3 Å². The van der Waals surface area contributed by atoms with Crippen LogP contribution in [0.5, 0.6) is 0 Å². The van der Waals surface area contributed by atoms with Gasteiger partial charge in [0.15, 0.2) is 5.78 Å². The normalized spacial score (nSPS) is 13.8. The standard InChI is InChI=1S/C16H22O4/c1-5-20-15(12-9-7-6-8-10-12)14(17)13(11(2)3)16(18)19-4/h6-11,13,15H,5H2,1-4H3. The highest BCUT2D eigenvalue weighted by Gasteiger charge is 2.36. The van der Waals surface area contributed by atoms with Gasteiger partial charge in [0.1, 0.15) is 12.0 Å². The van der Waals surface area contributed by atoms with Gasteiger partial charge in [-0.3, -0.25) is 9.59 Å². The number of benzene rings is 1. The highest BCUT2D eigenvalue weighted by atomic mass is 16.5. The van der Waals surface area contributed by atoms with Crippen molar-refractivity contribution in [1.29, 1.82) is 0 Å². The molecule has 0 aliphatic carbocycles. The number of Topliss-reactive ketones (excluding diaryl/α,β-unsaturated/α-hetero) is 1. The van der Waals surface area contributed by atoms with E-state index in [0.717, 1.165) is 5.56 Å². The zero-order valence-corrected chi connectivity index (χ0v) is 12.5. The Bertz CT molecular complexity index is 439. The van der Waals surface area contributed by atoms with Gasteiger partial charge in [0.05, 0.1) is 7.11 Å². The minimum atomic E-state index is -0.809. The van der Waals surface area contributed by atoms with Crippen molar-refractivity contribution >= 4 is 11.8 Å². The first-order chi connectivity index (χ1) is 9.52. The molecule has 0 radical (unpaired) electrons. The SMILES string of the molecule is CCOC(C(=O)C(C(=O)OC)C(C)C)c1ccccc1. The van der Waals surface area contributed by atoms with Gasteiger partial charge in [-0.15, -0.1) is 0 Å². The summed E-state index contributed by atoms with van der Waals surface area (Å²) < 4.78 is 10.3. The summed E-state index contributed by atoms with van der Waals surface area (Å²) in [7, 11) is 1.29. The predicted octanol–water partition coefficient (Wildman–Crippen LogP) is 2.78. The van der Waals surface area contributed by atoms with Gasteiger partial charge in [0, 0.05) is 6.61 Å². The van der Waals surface area contributed by atoms with E-state index in [2.05, 4.69) is 0 Å². The number of ketones is 1. The summed E-state index contributed by atoms with van der Waals surface area (Å²) in [5.41, 5.74) is 0.758. The van der Waals surface area contributed by atoms with Crippen LogP contribution in [0, 0.1) is 11.8 Å². The van der Waals surface area contributed by atoms with Crippen molar-refractivity contribution in [2.24, 2.45) is 11.8 Å². The molecule has 0 amide bonds. The minimum absolute atomic E-state index is 0.137. The monoisotopic (exact) mass is 278 g/mol. The molecule has 0 saturated carbocycles. The minimum Gasteiger partial charge on any atom is -0.468 e. The lowest BCUT2D eigenvalue weighted by atomic mass is 9.86. The number of rotatable bonds is 7. The second kappa shape index (κ2) is 7.80. The lowest BCUT2D eigenvalue weighted by Gasteiger charge is -2.23. The molecule has 2 unspecified atom stereocenters. The molecule has 4 nitrogen and oxygen atoms in total. The third-order valence-electron chi connectivity index (χ3n) is 3.12. The second-order valence-electron chi connectivity index (χ2n) is 4.89.